The molecular weight excluding hydrogens is 366 g/mol. The number of aromatic nitrogens is 5. The Kier molecular flexibility index (Phi) is 5.71. The number of aryl methyl sites for hydroxylation is 1. The van der Waals surface area contributed by atoms with E-state index >= 15 is 0 Å². The van der Waals surface area contributed by atoms with Crippen molar-refractivity contribution in [3.05, 3.63) is 65.5 Å². The molecule has 8 heteroatoms. The lowest BCUT2D eigenvalue weighted by Gasteiger charge is -2.13. The number of nitrogens with zero attached hydrogens (tertiary/aromatic N) is 5. The quantitative estimate of drug-likeness (QED) is 0.574. The highest BCUT2D eigenvalue weighted by Crippen LogP contribution is 2.32. The predicted octanol–water partition coefficient (Wildman–Crippen LogP) is 1.52. The molecule has 0 saturated heterocycles. The van der Waals surface area contributed by atoms with Gasteiger partial charge in [-0.15, -0.1) is 0 Å². The highest BCUT2D eigenvalue weighted by Gasteiger charge is 2.26. The third-order valence-electron chi connectivity index (χ3n) is 5.08. The molecule has 1 fully saturated rings. The normalized spacial score (nSPS) is 14.7. The maximum Gasteiger partial charge on any atom is 0.242 e. The van der Waals surface area contributed by atoms with Gasteiger partial charge in [0, 0.05) is 31.8 Å². The van der Waals surface area contributed by atoms with Crippen molar-refractivity contribution in [3.8, 4) is 0 Å². The standard InChI is InChI=1S/C21H27N7O/c1-27-13-17(12-24-27)11-23-20(29)14-28-21(25-19(26-28)10-16-7-8-16)18(22)9-15-5-3-2-4-6-15/h2-6,12-13,16,18H,7-11,14,22H2,1H3,(H,23,29)/t18-/m1/s1. The molecule has 0 aliphatic heterocycles. The zero-order chi connectivity index (χ0) is 20.2. The van der Waals surface area contributed by atoms with Gasteiger partial charge in [0.1, 0.15) is 12.4 Å². The minimum atomic E-state index is -0.316. The van der Waals surface area contributed by atoms with Crippen LogP contribution >= 0.6 is 0 Å². The first-order valence-corrected chi connectivity index (χ1v) is 10.0. The maximum absolute atomic E-state index is 12.5. The zero-order valence-electron chi connectivity index (χ0n) is 16.7. The molecule has 0 unspecified atom stereocenters. The second-order valence-electron chi connectivity index (χ2n) is 7.79. The number of carbonyl (C=O) groups is 1. The molecule has 0 radical (unpaired) electrons. The summed E-state index contributed by atoms with van der Waals surface area (Å²) in [5.41, 5.74) is 8.56. The fourth-order valence-corrected chi connectivity index (χ4v) is 3.38. The van der Waals surface area contributed by atoms with E-state index in [0.29, 0.717) is 24.7 Å². The van der Waals surface area contributed by atoms with E-state index in [0.717, 1.165) is 23.4 Å². The van der Waals surface area contributed by atoms with Gasteiger partial charge in [-0.05, 0) is 30.7 Å². The lowest BCUT2D eigenvalue weighted by molar-refractivity contribution is -0.122. The van der Waals surface area contributed by atoms with Crippen LogP contribution in [0.4, 0.5) is 0 Å². The van der Waals surface area contributed by atoms with Crippen LogP contribution in [0.15, 0.2) is 42.7 Å². The summed E-state index contributed by atoms with van der Waals surface area (Å²) >= 11 is 0. The summed E-state index contributed by atoms with van der Waals surface area (Å²) in [6.07, 6.45) is 7.58. The molecule has 4 rings (SSSR count). The van der Waals surface area contributed by atoms with Crippen LogP contribution in [0.25, 0.3) is 0 Å². The number of carbonyl (C=O) groups excluding carboxylic acids is 1. The Morgan fingerprint density at radius 3 is 2.76 bits per heavy atom. The maximum atomic E-state index is 12.5. The highest BCUT2D eigenvalue weighted by molar-refractivity contribution is 5.75. The first-order chi connectivity index (χ1) is 14.1. The number of benzene rings is 1. The molecule has 1 atom stereocenters. The second kappa shape index (κ2) is 8.57. The van der Waals surface area contributed by atoms with Crippen LogP contribution in [0, 0.1) is 5.92 Å². The molecule has 3 aromatic rings. The van der Waals surface area contributed by atoms with E-state index in [1.807, 2.05) is 43.6 Å². The van der Waals surface area contributed by atoms with Crippen molar-refractivity contribution in [1.82, 2.24) is 29.9 Å². The van der Waals surface area contributed by atoms with Crippen LogP contribution in [0.3, 0.4) is 0 Å². The van der Waals surface area contributed by atoms with E-state index in [9.17, 15) is 4.79 Å². The number of hydrogen-bond acceptors (Lipinski definition) is 5. The van der Waals surface area contributed by atoms with Crippen molar-refractivity contribution in [1.29, 1.82) is 0 Å². The van der Waals surface area contributed by atoms with Crippen LogP contribution < -0.4 is 11.1 Å². The number of nitrogens with two attached hydrogens (primary N) is 1. The van der Waals surface area contributed by atoms with E-state index in [2.05, 4.69) is 15.5 Å². The Bertz CT molecular complexity index is 959. The summed E-state index contributed by atoms with van der Waals surface area (Å²) < 4.78 is 3.38. The summed E-state index contributed by atoms with van der Waals surface area (Å²) in [4.78, 5) is 17.2. The van der Waals surface area contributed by atoms with Crippen molar-refractivity contribution in [3.63, 3.8) is 0 Å². The minimum Gasteiger partial charge on any atom is -0.350 e. The Hall–Kier alpha value is -3.00. The van der Waals surface area contributed by atoms with Gasteiger partial charge in [-0.3, -0.25) is 9.48 Å². The lowest BCUT2D eigenvalue weighted by atomic mass is 10.1. The molecule has 3 N–H and O–H groups in total. The first-order valence-electron chi connectivity index (χ1n) is 10.0. The monoisotopic (exact) mass is 393 g/mol. The smallest absolute Gasteiger partial charge is 0.242 e. The third kappa shape index (κ3) is 5.29. The number of hydrogen-bond donors (Lipinski definition) is 2. The molecule has 29 heavy (non-hydrogen) atoms. The van der Waals surface area contributed by atoms with Gasteiger partial charge in [0.25, 0.3) is 0 Å². The van der Waals surface area contributed by atoms with Gasteiger partial charge in [0.15, 0.2) is 5.82 Å². The fraction of sp³-hybridized carbons (Fsp3) is 0.429. The molecule has 2 aromatic heterocycles. The number of rotatable bonds is 9. The molecule has 0 spiro atoms. The fourth-order valence-electron chi connectivity index (χ4n) is 3.38. The van der Waals surface area contributed by atoms with Crippen molar-refractivity contribution >= 4 is 5.91 Å². The molecule has 8 nitrogen and oxygen atoms in total. The SMILES string of the molecule is Cn1cc(CNC(=O)Cn2nc(CC3CC3)nc2[C@H](N)Cc2ccccc2)cn1. The number of nitrogens with one attached hydrogen (secondary N) is 1. The van der Waals surface area contributed by atoms with Gasteiger partial charge in [-0.2, -0.15) is 10.2 Å². The summed E-state index contributed by atoms with van der Waals surface area (Å²) in [5.74, 6) is 2.00. The lowest BCUT2D eigenvalue weighted by Crippen LogP contribution is -2.29. The van der Waals surface area contributed by atoms with Crippen LogP contribution in [-0.2, 0) is 37.8 Å². The van der Waals surface area contributed by atoms with Crippen LogP contribution in [0.2, 0.25) is 0 Å². The molecule has 152 valence electrons. The van der Waals surface area contributed by atoms with Gasteiger partial charge in [0.2, 0.25) is 5.91 Å². The second-order valence-corrected chi connectivity index (χ2v) is 7.79. The van der Waals surface area contributed by atoms with Crippen molar-refractivity contribution < 1.29 is 4.79 Å². The van der Waals surface area contributed by atoms with Crippen molar-refractivity contribution in [2.24, 2.45) is 18.7 Å². The average molecular weight is 393 g/mol. The topological polar surface area (TPSA) is 104 Å². The summed E-state index contributed by atoms with van der Waals surface area (Å²) in [6, 6.07) is 9.76. The molecule has 2 heterocycles. The van der Waals surface area contributed by atoms with Crippen LogP contribution in [0.5, 0.6) is 0 Å². The Morgan fingerprint density at radius 2 is 2.07 bits per heavy atom. The molecule has 1 amide bonds. The van der Waals surface area contributed by atoms with Crippen molar-refractivity contribution in [2.45, 2.75) is 44.8 Å². The van der Waals surface area contributed by atoms with Gasteiger partial charge >= 0.3 is 0 Å². The van der Waals surface area contributed by atoms with Crippen molar-refractivity contribution in [2.75, 3.05) is 0 Å². The van der Waals surface area contributed by atoms with E-state index in [1.165, 1.54) is 12.8 Å². The minimum absolute atomic E-state index is 0.107. The number of amides is 1. The average Bonchev–Trinajstić information content (AvgIpc) is 3.28. The van der Waals surface area contributed by atoms with Crippen LogP contribution in [-0.4, -0.2) is 30.5 Å². The van der Waals surface area contributed by atoms with Crippen LogP contribution in [0.1, 0.15) is 41.7 Å². The highest BCUT2D eigenvalue weighted by atomic mass is 16.2. The van der Waals surface area contributed by atoms with E-state index in [1.54, 1.807) is 15.6 Å². The molecule has 1 saturated carbocycles. The molecule has 1 aliphatic rings. The Morgan fingerprint density at radius 1 is 1.28 bits per heavy atom. The van der Waals surface area contributed by atoms with Gasteiger partial charge in [-0.25, -0.2) is 9.67 Å². The van der Waals surface area contributed by atoms with E-state index in [-0.39, 0.29) is 18.5 Å². The largest absolute Gasteiger partial charge is 0.350 e. The van der Waals surface area contributed by atoms with E-state index in [4.69, 9.17) is 10.7 Å². The van der Waals surface area contributed by atoms with Gasteiger partial charge < -0.3 is 11.1 Å². The summed E-state index contributed by atoms with van der Waals surface area (Å²) in [6.45, 7) is 0.539. The zero-order valence-corrected chi connectivity index (χ0v) is 16.7. The van der Waals surface area contributed by atoms with E-state index < -0.39 is 0 Å². The Balaban J connectivity index is 1.44. The van der Waals surface area contributed by atoms with Gasteiger partial charge in [0.05, 0.1) is 12.2 Å². The molecule has 1 aromatic carbocycles. The van der Waals surface area contributed by atoms with Gasteiger partial charge in [-0.1, -0.05) is 30.3 Å². The summed E-state index contributed by atoms with van der Waals surface area (Å²) in [5, 5.41) is 11.6. The molecule has 0 bridgehead atoms. The predicted molar refractivity (Wildman–Crippen MR) is 109 cm³/mol. The summed E-state index contributed by atoms with van der Waals surface area (Å²) in [7, 11) is 1.85. The molecular formula is C21H27N7O. The first kappa shape index (κ1) is 19.3. The molecule has 1 aliphatic carbocycles. The third-order valence-corrected chi connectivity index (χ3v) is 5.08. The Labute approximate surface area is 170 Å².